The predicted octanol–water partition coefficient (Wildman–Crippen LogP) is 3.92. The minimum absolute atomic E-state index is 0.241. The fourth-order valence-corrected chi connectivity index (χ4v) is 2.95. The first-order valence-electron chi connectivity index (χ1n) is 6.25. The van der Waals surface area contributed by atoms with E-state index in [4.69, 9.17) is 5.11 Å². The minimum Gasteiger partial charge on any atom is -0.508 e. The molecule has 4 heteroatoms. The summed E-state index contributed by atoms with van der Waals surface area (Å²) in [7, 11) is 0. The molecule has 0 aliphatic carbocycles. The van der Waals surface area contributed by atoms with Crippen LogP contribution in [0.1, 0.15) is 24.1 Å². The zero-order valence-corrected chi connectivity index (χ0v) is 11.3. The van der Waals surface area contributed by atoms with E-state index in [1.54, 1.807) is 23.5 Å². The van der Waals surface area contributed by atoms with Crippen LogP contribution < -0.4 is 0 Å². The number of carboxylic acid groups (broad SMARTS) is 1. The van der Waals surface area contributed by atoms with E-state index in [2.05, 4.69) is 6.07 Å². The van der Waals surface area contributed by atoms with E-state index >= 15 is 0 Å². The highest BCUT2D eigenvalue weighted by Gasteiger charge is 2.04. The maximum Gasteiger partial charge on any atom is 0.303 e. The number of hydrogen-bond acceptors (Lipinski definition) is 3. The molecule has 2 N–H and O–H groups in total. The molecule has 0 unspecified atom stereocenters. The van der Waals surface area contributed by atoms with Gasteiger partial charge in [0.05, 0.1) is 0 Å². The highest BCUT2D eigenvalue weighted by Crippen LogP contribution is 2.30. The Hall–Kier alpha value is -1.81. The van der Waals surface area contributed by atoms with Gasteiger partial charge in [-0.2, -0.15) is 0 Å². The molecule has 0 aliphatic rings. The van der Waals surface area contributed by atoms with Gasteiger partial charge in [0.25, 0.3) is 0 Å². The summed E-state index contributed by atoms with van der Waals surface area (Å²) < 4.78 is 0. The number of thiophene rings is 1. The normalized spacial score (nSPS) is 10.5. The van der Waals surface area contributed by atoms with Gasteiger partial charge in [-0.05, 0) is 49.1 Å². The van der Waals surface area contributed by atoms with Gasteiger partial charge in [-0.15, -0.1) is 11.3 Å². The van der Waals surface area contributed by atoms with Gasteiger partial charge >= 0.3 is 5.97 Å². The maximum atomic E-state index is 10.4. The summed E-state index contributed by atoms with van der Waals surface area (Å²) in [5, 5.41) is 18.0. The molecule has 0 atom stereocenters. The highest BCUT2D eigenvalue weighted by atomic mass is 32.1. The van der Waals surface area contributed by atoms with Gasteiger partial charge in [-0.25, -0.2) is 0 Å². The van der Waals surface area contributed by atoms with Gasteiger partial charge < -0.3 is 10.2 Å². The van der Waals surface area contributed by atoms with E-state index < -0.39 is 5.97 Å². The number of aromatic hydroxyl groups is 1. The molecule has 0 saturated carbocycles. The predicted molar refractivity (Wildman–Crippen MR) is 76.6 cm³/mol. The van der Waals surface area contributed by atoms with Gasteiger partial charge in [0, 0.05) is 16.2 Å². The third kappa shape index (κ3) is 4.10. The van der Waals surface area contributed by atoms with E-state index in [-0.39, 0.29) is 12.2 Å². The van der Waals surface area contributed by atoms with Crippen molar-refractivity contribution < 1.29 is 15.0 Å². The molecule has 0 aliphatic heterocycles. The second kappa shape index (κ2) is 6.38. The molecule has 1 aromatic carbocycles. The third-order valence-electron chi connectivity index (χ3n) is 2.86. The first kappa shape index (κ1) is 13.6. The molecule has 0 saturated heterocycles. The van der Waals surface area contributed by atoms with Crippen molar-refractivity contribution >= 4 is 17.3 Å². The number of rotatable bonds is 6. The second-order valence-electron chi connectivity index (χ2n) is 4.42. The zero-order valence-electron chi connectivity index (χ0n) is 10.5. The quantitative estimate of drug-likeness (QED) is 0.786. The van der Waals surface area contributed by atoms with E-state index in [1.807, 2.05) is 18.2 Å². The third-order valence-corrected chi connectivity index (χ3v) is 4.05. The van der Waals surface area contributed by atoms with Crippen molar-refractivity contribution in [2.45, 2.75) is 25.7 Å². The molecule has 0 radical (unpaired) electrons. The number of carbonyl (C=O) groups is 1. The van der Waals surface area contributed by atoms with Crippen LogP contribution in [0.25, 0.3) is 10.4 Å². The largest absolute Gasteiger partial charge is 0.508 e. The van der Waals surface area contributed by atoms with Crippen LogP contribution in [0.3, 0.4) is 0 Å². The van der Waals surface area contributed by atoms with Crippen molar-refractivity contribution in [2.75, 3.05) is 0 Å². The van der Waals surface area contributed by atoms with Crippen LogP contribution in [-0.2, 0) is 11.2 Å². The number of phenols is 1. The lowest BCUT2D eigenvalue weighted by Crippen LogP contribution is -1.94. The lowest BCUT2D eigenvalue weighted by Gasteiger charge is -1.98. The summed E-state index contributed by atoms with van der Waals surface area (Å²) in [6.07, 6.45) is 2.77. The van der Waals surface area contributed by atoms with Crippen molar-refractivity contribution in [3.05, 3.63) is 41.3 Å². The summed E-state index contributed by atoms with van der Waals surface area (Å²) in [4.78, 5) is 12.8. The van der Waals surface area contributed by atoms with Crippen LogP contribution in [0.5, 0.6) is 5.75 Å². The number of phenolic OH excluding ortho intramolecular Hbond substituents is 1. The molecule has 3 nitrogen and oxygen atoms in total. The van der Waals surface area contributed by atoms with Crippen molar-refractivity contribution in [2.24, 2.45) is 0 Å². The standard InChI is InChI=1S/C15H16O3S/c16-12-5-3-4-11(10-12)14-9-8-13(19-14)6-1-2-7-15(17)18/h3-5,8-10,16H,1-2,6-7H2,(H,17,18). The fourth-order valence-electron chi connectivity index (χ4n) is 1.90. The van der Waals surface area contributed by atoms with Crippen LogP contribution in [0.15, 0.2) is 36.4 Å². The first-order valence-corrected chi connectivity index (χ1v) is 7.07. The van der Waals surface area contributed by atoms with E-state index in [0.29, 0.717) is 6.42 Å². The topological polar surface area (TPSA) is 57.5 Å². The van der Waals surface area contributed by atoms with Crippen molar-refractivity contribution in [1.29, 1.82) is 0 Å². The first-order chi connectivity index (χ1) is 9.15. The number of aliphatic carboxylic acids is 1. The molecule has 2 rings (SSSR count). The summed E-state index contributed by atoms with van der Waals surface area (Å²) in [6.45, 7) is 0. The molecular weight excluding hydrogens is 260 g/mol. The molecular formula is C15H16O3S. The molecule has 1 heterocycles. The average molecular weight is 276 g/mol. The number of hydrogen-bond donors (Lipinski definition) is 2. The van der Waals surface area contributed by atoms with Crippen LogP contribution in [-0.4, -0.2) is 16.2 Å². The fraction of sp³-hybridized carbons (Fsp3) is 0.267. The maximum absolute atomic E-state index is 10.4. The Morgan fingerprint density at radius 2 is 2.00 bits per heavy atom. The summed E-state index contributed by atoms with van der Waals surface area (Å²) in [5.74, 6) is -0.458. The Morgan fingerprint density at radius 1 is 1.16 bits per heavy atom. The minimum atomic E-state index is -0.730. The number of aryl methyl sites for hydroxylation is 1. The zero-order chi connectivity index (χ0) is 13.7. The molecule has 2 aromatic rings. The highest BCUT2D eigenvalue weighted by molar-refractivity contribution is 7.15. The van der Waals surface area contributed by atoms with Crippen LogP contribution in [0, 0.1) is 0 Å². The van der Waals surface area contributed by atoms with Gasteiger partial charge in [-0.3, -0.25) is 4.79 Å². The van der Waals surface area contributed by atoms with Crippen molar-refractivity contribution in [1.82, 2.24) is 0 Å². The Bertz CT molecular complexity index is 560. The van der Waals surface area contributed by atoms with Crippen LogP contribution in [0.2, 0.25) is 0 Å². The molecule has 1 aromatic heterocycles. The molecule has 0 bridgehead atoms. The molecule has 100 valence electrons. The Kier molecular flexibility index (Phi) is 4.58. The Morgan fingerprint density at radius 3 is 2.74 bits per heavy atom. The summed E-state index contributed by atoms with van der Waals surface area (Å²) >= 11 is 1.69. The number of benzene rings is 1. The summed E-state index contributed by atoms with van der Waals surface area (Å²) in [6, 6.07) is 11.3. The van der Waals surface area contributed by atoms with Gasteiger partial charge in [-0.1, -0.05) is 12.1 Å². The smallest absolute Gasteiger partial charge is 0.303 e. The molecule has 0 amide bonds. The van der Waals surface area contributed by atoms with E-state index in [1.165, 1.54) is 4.88 Å². The van der Waals surface area contributed by atoms with Gasteiger partial charge in [0.15, 0.2) is 0 Å². The monoisotopic (exact) mass is 276 g/mol. The van der Waals surface area contributed by atoms with Crippen molar-refractivity contribution in [3.8, 4) is 16.2 Å². The van der Waals surface area contributed by atoms with E-state index in [0.717, 1.165) is 23.3 Å². The number of unbranched alkanes of at least 4 members (excludes halogenated alkanes) is 1. The van der Waals surface area contributed by atoms with Crippen LogP contribution >= 0.6 is 11.3 Å². The Labute approximate surface area is 116 Å². The summed E-state index contributed by atoms with van der Waals surface area (Å²) in [5.41, 5.74) is 1.02. The molecule has 0 spiro atoms. The molecule has 19 heavy (non-hydrogen) atoms. The van der Waals surface area contributed by atoms with Gasteiger partial charge in [0.1, 0.15) is 5.75 Å². The number of carboxylic acids is 1. The van der Waals surface area contributed by atoms with Crippen LogP contribution in [0.4, 0.5) is 0 Å². The lowest BCUT2D eigenvalue weighted by atomic mass is 10.1. The van der Waals surface area contributed by atoms with E-state index in [9.17, 15) is 9.90 Å². The average Bonchev–Trinajstić information content (AvgIpc) is 2.83. The SMILES string of the molecule is O=C(O)CCCCc1ccc(-c2cccc(O)c2)s1. The second-order valence-corrected chi connectivity index (χ2v) is 5.59. The Balaban J connectivity index is 1.94. The van der Waals surface area contributed by atoms with Gasteiger partial charge in [0.2, 0.25) is 0 Å². The molecule has 0 fully saturated rings. The lowest BCUT2D eigenvalue weighted by molar-refractivity contribution is -0.137. The van der Waals surface area contributed by atoms with Crippen molar-refractivity contribution in [3.63, 3.8) is 0 Å².